The van der Waals surface area contributed by atoms with Gasteiger partial charge in [-0.25, -0.2) is 4.57 Å². The average Bonchev–Trinajstić information content (AvgIpc) is 3.75. The molecule has 3 atom stereocenters. The molecule has 3 aromatic carbocycles. The van der Waals surface area contributed by atoms with Gasteiger partial charge in [0.15, 0.2) is 0 Å². The minimum Gasteiger partial charge on any atom is -0.403 e. The fourth-order valence-corrected chi connectivity index (χ4v) is 7.46. The van der Waals surface area contributed by atoms with Gasteiger partial charge in [-0.3, -0.25) is 19.0 Å². The first kappa shape index (κ1) is 40.1. The van der Waals surface area contributed by atoms with Crippen LogP contribution in [-0.2, 0) is 31.5 Å². The van der Waals surface area contributed by atoms with Gasteiger partial charge in [0.05, 0.1) is 17.7 Å². The van der Waals surface area contributed by atoms with Crippen LogP contribution in [0.5, 0.6) is 5.75 Å². The van der Waals surface area contributed by atoms with E-state index < -0.39 is 19.9 Å². The summed E-state index contributed by atoms with van der Waals surface area (Å²) in [4.78, 5) is 43.2. The Hall–Kier alpha value is -4.12. The number of aromatic amines is 2. The van der Waals surface area contributed by atoms with E-state index in [1.165, 1.54) is 6.07 Å². The van der Waals surface area contributed by atoms with E-state index in [1.54, 1.807) is 18.2 Å². The molecule has 0 aliphatic carbocycles. The van der Waals surface area contributed by atoms with Crippen LogP contribution in [0.3, 0.4) is 0 Å². The number of nitrogens with two attached hydrogens (primary N) is 1. The number of amides is 2. The molecule has 53 heavy (non-hydrogen) atoms. The Kier molecular flexibility index (Phi) is 15.4. The fraction of sp³-hybridized carbons (Fsp3) is 0.400. The number of para-hydroxylation sites is 3. The van der Waals surface area contributed by atoms with Gasteiger partial charge in [0.2, 0.25) is 11.8 Å². The monoisotopic (exact) mass is 763 g/mol. The summed E-state index contributed by atoms with van der Waals surface area (Å²) in [6.07, 6.45) is 12.6. The van der Waals surface area contributed by atoms with Crippen molar-refractivity contribution in [3.05, 3.63) is 101 Å². The minimum absolute atomic E-state index is 0.121. The third kappa shape index (κ3) is 12.8. The predicted molar refractivity (Wildman–Crippen MR) is 211 cm³/mol. The van der Waals surface area contributed by atoms with Crippen LogP contribution in [0.15, 0.2) is 85.1 Å². The van der Waals surface area contributed by atoms with Crippen molar-refractivity contribution in [2.75, 3.05) is 13.2 Å². The second kappa shape index (κ2) is 20.4. The van der Waals surface area contributed by atoms with E-state index >= 15 is 0 Å². The quantitative estimate of drug-likeness (QED) is 0.0288. The summed E-state index contributed by atoms with van der Waals surface area (Å²) in [5, 5.41) is 8.32. The Labute approximate surface area is 316 Å². The molecule has 2 amide bonds. The SMILES string of the molecule is N[C@H](Cc1cc2ccccc2[nH]1)C(=O)N[C@H](Cc1c[nH]c2ccccc12)C(=O)NCCCCCCCCCCCCOP(=O)(O)Oc1ccccc1Cl. The molecule has 11 nitrogen and oxygen atoms in total. The largest absolute Gasteiger partial charge is 0.527 e. The Morgan fingerprint density at radius 1 is 0.811 bits per heavy atom. The van der Waals surface area contributed by atoms with Gasteiger partial charge in [0.25, 0.3) is 0 Å². The maximum absolute atomic E-state index is 13.4. The lowest BCUT2D eigenvalue weighted by atomic mass is 10.0. The molecule has 0 bridgehead atoms. The highest BCUT2D eigenvalue weighted by Gasteiger charge is 2.26. The van der Waals surface area contributed by atoms with Gasteiger partial charge in [-0.2, -0.15) is 0 Å². The molecule has 13 heteroatoms. The zero-order chi connectivity index (χ0) is 37.5. The van der Waals surface area contributed by atoms with Gasteiger partial charge >= 0.3 is 7.82 Å². The van der Waals surface area contributed by atoms with Crippen LogP contribution >= 0.6 is 19.4 Å². The van der Waals surface area contributed by atoms with Crippen molar-refractivity contribution in [3.8, 4) is 5.75 Å². The van der Waals surface area contributed by atoms with Crippen LogP contribution in [0, 0.1) is 0 Å². The first-order valence-corrected chi connectivity index (χ1v) is 20.4. The number of unbranched alkanes of at least 4 members (excludes halogenated alkanes) is 9. The highest BCUT2D eigenvalue weighted by Crippen LogP contribution is 2.45. The lowest BCUT2D eigenvalue weighted by Crippen LogP contribution is -2.53. The summed E-state index contributed by atoms with van der Waals surface area (Å²) < 4.78 is 22.3. The van der Waals surface area contributed by atoms with E-state index in [9.17, 15) is 19.0 Å². The molecule has 0 fully saturated rings. The topological polar surface area (TPSA) is 172 Å². The third-order valence-electron chi connectivity index (χ3n) is 9.27. The lowest BCUT2D eigenvalue weighted by Gasteiger charge is -2.21. The molecule has 5 aromatic rings. The molecule has 0 aliphatic heterocycles. The molecule has 7 N–H and O–H groups in total. The molecule has 0 spiro atoms. The van der Waals surface area contributed by atoms with Crippen LogP contribution in [0.1, 0.15) is 75.5 Å². The van der Waals surface area contributed by atoms with Crippen molar-refractivity contribution in [1.29, 1.82) is 0 Å². The van der Waals surface area contributed by atoms with Gasteiger partial charge in [-0.1, -0.05) is 111 Å². The summed E-state index contributed by atoms with van der Waals surface area (Å²) in [6, 6.07) is 22.7. The number of phosphoric ester groups is 1. The molecule has 0 aliphatic rings. The molecule has 0 saturated heterocycles. The zero-order valence-electron chi connectivity index (χ0n) is 30.0. The first-order valence-electron chi connectivity index (χ1n) is 18.6. The maximum atomic E-state index is 13.4. The molecule has 0 radical (unpaired) electrons. The highest BCUT2D eigenvalue weighted by atomic mass is 35.5. The zero-order valence-corrected chi connectivity index (χ0v) is 31.7. The number of aromatic nitrogens is 2. The number of fused-ring (bicyclic) bond motifs is 2. The number of rotatable bonds is 23. The molecule has 2 heterocycles. The second-order valence-corrected chi connectivity index (χ2v) is 15.3. The number of phosphoric acid groups is 1. The van der Waals surface area contributed by atoms with Crippen molar-refractivity contribution in [3.63, 3.8) is 0 Å². The van der Waals surface area contributed by atoms with Crippen molar-refractivity contribution >= 4 is 53.0 Å². The number of carbonyl (C=O) groups is 2. The number of carbonyl (C=O) groups excluding carboxylic acids is 2. The second-order valence-electron chi connectivity index (χ2n) is 13.5. The first-order chi connectivity index (χ1) is 25.7. The minimum atomic E-state index is -4.21. The number of halogens is 1. The standard InChI is InChI=1S/C40H51ClN5O6P/c41-33-19-11-14-22-38(33)52-53(49,50)51-24-16-8-6-4-2-1-3-5-7-15-23-43-40(48)37(26-30-28-44-36-21-13-10-18-32(30)36)46-39(47)34(42)27-31-25-29-17-9-12-20-35(29)45-31/h9-14,17-22,25,28,34,37,44-45H,1-8,15-16,23-24,26-27,42H2,(H,43,48)(H,46,47)(H,49,50)/t34-,37-/m1/s1. The molecule has 5 rings (SSSR count). The number of benzene rings is 3. The Morgan fingerprint density at radius 3 is 2.19 bits per heavy atom. The van der Waals surface area contributed by atoms with Crippen molar-refractivity contribution in [1.82, 2.24) is 20.6 Å². The van der Waals surface area contributed by atoms with Gasteiger partial charge in [-0.15, -0.1) is 0 Å². The van der Waals surface area contributed by atoms with Gasteiger partial charge in [-0.05, 0) is 54.1 Å². The average molecular weight is 764 g/mol. The summed E-state index contributed by atoms with van der Waals surface area (Å²) >= 11 is 5.98. The highest BCUT2D eigenvalue weighted by molar-refractivity contribution is 7.47. The van der Waals surface area contributed by atoms with E-state index in [4.69, 9.17) is 26.4 Å². The molecule has 284 valence electrons. The van der Waals surface area contributed by atoms with Gasteiger partial charge in [0, 0.05) is 47.7 Å². The summed E-state index contributed by atoms with van der Waals surface area (Å²) in [5.41, 5.74) is 10.1. The fourth-order valence-electron chi connectivity index (χ4n) is 6.41. The smallest absolute Gasteiger partial charge is 0.403 e. The Bertz CT molecular complexity index is 1930. The van der Waals surface area contributed by atoms with E-state index in [0.29, 0.717) is 25.8 Å². The maximum Gasteiger partial charge on any atom is 0.527 e. The van der Waals surface area contributed by atoms with E-state index in [0.717, 1.165) is 90.9 Å². The molecular weight excluding hydrogens is 713 g/mol. The normalized spacial score (nSPS) is 13.8. The van der Waals surface area contributed by atoms with Crippen LogP contribution in [0.2, 0.25) is 5.02 Å². The van der Waals surface area contributed by atoms with E-state index in [1.807, 2.05) is 60.8 Å². The molecule has 2 aromatic heterocycles. The number of nitrogens with one attached hydrogen (secondary N) is 4. The third-order valence-corrected chi connectivity index (χ3v) is 10.5. The van der Waals surface area contributed by atoms with E-state index in [-0.39, 0.29) is 29.2 Å². The van der Waals surface area contributed by atoms with Gasteiger partial charge < -0.3 is 30.9 Å². The van der Waals surface area contributed by atoms with Crippen molar-refractivity contribution in [2.24, 2.45) is 5.73 Å². The van der Waals surface area contributed by atoms with Crippen molar-refractivity contribution in [2.45, 2.75) is 89.1 Å². The number of hydrogen-bond donors (Lipinski definition) is 6. The summed E-state index contributed by atoms with van der Waals surface area (Å²) in [7, 11) is -4.21. The van der Waals surface area contributed by atoms with Gasteiger partial charge in [0.1, 0.15) is 11.8 Å². The Balaban J connectivity index is 0.960. The predicted octanol–water partition coefficient (Wildman–Crippen LogP) is 8.11. The molecule has 0 saturated carbocycles. The molecular formula is C40H51ClN5O6P. The summed E-state index contributed by atoms with van der Waals surface area (Å²) in [5.74, 6) is -0.468. The van der Waals surface area contributed by atoms with Crippen LogP contribution in [-0.4, -0.2) is 51.9 Å². The van der Waals surface area contributed by atoms with Crippen LogP contribution in [0.4, 0.5) is 0 Å². The Morgan fingerprint density at radius 2 is 1.45 bits per heavy atom. The lowest BCUT2D eigenvalue weighted by molar-refractivity contribution is -0.129. The number of H-pyrrole nitrogens is 2. The van der Waals surface area contributed by atoms with Crippen molar-refractivity contribution < 1.29 is 28.1 Å². The summed E-state index contributed by atoms with van der Waals surface area (Å²) in [6.45, 7) is 0.677. The van der Waals surface area contributed by atoms with E-state index in [2.05, 4.69) is 20.6 Å². The van der Waals surface area contributed by atoms with Crippen LogP contribution in [0.25, 0.3) is 21.8 Å². The number of hydrogen-bond acceptors (Lipinski definition) is 6. The van der Waals surface area contributed by atoms with Crippen LogP contribution < -0.4 is 20.9 Å². The molecule has 1 unspecified atom stereocenters.